The molecule has 0 aromatic carbocycles. The van der Waals surface area contributed by atoms with Crippen molar-refractivity contribution in [3.8, 4) is 0 Å². The summed E-state index contributed by atoms with van der Waals surface area (Å²) in [5.41, 5.74) is 0. The van der Waals surface area contributed by atoms with Gasteiger partial charge in [-0.25, -0.2) is 4.98 Å². The Morgan fingerprint density at radius 1 is 1.47 bits per heavy atom. The van der Waals surface area contributed by atoms with Gasteiger partial charge < -0.3 is 10.1 Å². The largest absolute Gasteiger partial charge is 0.379 e. The number of hydrogen-bond acceptors (Lipinski definition) is 3. The highest BCUT2D eigenvalue weighted by atomic mass is 79.9. The number of halogens is 1. The predicted octanol–water partition coefficient (Wildman–Crippen LogP) is 2.68. The van der Waals surface area contributed by atoms with Crippen molar-refractivity contribution in [2.24, 2.45) is 5.92 Å². The van der Waals surface area contributed by atoms with Crippen LogP contribution in [0, 0.1) is 5.92 Å². The Morgan fingerprint density at radius 3 is 3.00 bits per heavy atom. The molecule has 0 unspecified atom stereocenters. The van der Waals surface area contributed by atoms with Crippen LogP contribution in [0.3, 0.4) is 0 Å². The van der Waals surface area contributed by atoms with E-state index >= 15 is 0 Å². The molecule has 1 aromatic heterocycles. The summed E-state index contributed by atoms with van der Waals surface area (Å²) >= 11 is 3.35. The lowest BCUT2D eigenvalue weighted by atomic mass is 10.4. The van der Waals surface area contributed by atoms with Crippen LogP contribution >= 0.6 is 15.9 Å². The zero-order valence-corrected chi connectivity index (χ0v) is 10.2. The van der Waals surface area contributed by atoms with Gasteiger partial charge in [-0.1, -0.05) is 0 Å². The second-order valence-corrected chi connectivity index (χ2v) is 4.72. The van der Waals surface area contributed by atoms with Gasteiger partial charge in [-0.15, -0.1) is 0 Å². The van der Waals surface area contributed by atoms with Gasteiger partial charge in [-0.05, 0) is 46.8 Å². The molecule has 0 radical (unpaired) electrons. The SMILES string of the molecule is Brc1ccc(NCCOCC2CC2)nc1. The van der Waals surface area contributed by atoms with Crippen molar-refractivity contribution >= 4 is 21.7 Å². The highest BCUT2D eigenvalue weighted by Crippen LogP contribution is 2.28. The number of pyridine rings is 1. The number of nitrogens with zero attached hydrogens (tertiary/aromatic N) is 1. The average molecular weight is 271 g/mol. The maximum Gasteiger partial charge on any atom is 0.126 e. The molecule has 4 heteroatoms. The number of ether oxygens (including phenoxy) is 1. The van der Waals surface area contributed by atoms with Crippen LogP contribution < -0.4 is 5.32 Å². The van der Waals surface area contributed by atoms with Gasteiger partial charge in [0.2, 0.25) is 0 Å². The summed E-state index contributed by atoms with van der Waals surface area (Å²) in [5, 5.41) is 3.21. The van der Waals surface area contributed by atoms with E-state index in [0.717, 1.165) is 36.0 Å². The van der Waals surface area contributed by atoms with Crippen LogP contribution in [0.1, 0.15) is 12.8 Å². The van der Waals surface area contributed by atoms with E-state index in [1.165, 1.54) is 12.8 Å². The van der Waals surface area contributed by atoms with E-state index < -0.39 is 0 Å². The van der Waals surface area contributed by atoms with Crippen molar-refractivity contribution in [2.75, 3.05) is 25.1 Å². The molecule has 1 aliphatic carbocycles. The maximum atomic E-state index is 5.50. The van der Waals surface area contributed by atoms with Gasteiger partial charge in [0.1, 0.15) is 5.82 Å². The van der Waals surface area contributed by atoms with Crippen LogP contribution in [-0.4, -0.2) is 24.7 Å². The van der Waals surface area contributed by atoms with Crippen molar-refractivity contribution in [1.82, 2.24) is 4.98 Å². The molecule has 0 saturated heterocycles. The highest BCUT2D eigenvalue weighted by molar-refractivity contribution is 9.10. The van der Waals surface area contributed by atoms with Crippen LogP contribution in [0.4, 0.5) is 5.82 Å². The summed E-state index contributed by atoms with van der Waals surface area (Å²) in [5.74, 6) is 1.74. The van der Waals surface area contributed by atoms with E-state index in [9.17, 15) is 0 Å². The number of aromatic nitrogens is 1. The zero-order chi connectivity index (χ0) is 10.5. The number of nitrogens with one attached hydrogen (secondary N) is 1. The van der Waals surface area contributed by atoms with Gasteiger partial charge in [0.05, 0.1) is 6.61 Å². The first-order valence-electron chi connectivity index (χ1n) is 5.28. The second kappa shape index (κ2) is 5.47. The Balaban J connectivity index is 1.58. The van der Waals surface area contributed by atoms with E-state index in [0.29, 0.717) is 0 Å². The molecule has 82 valence electrons. The molecule has 0 atom stereocenters. The molecule has 0 amide bonds. The quantitative estimate of drug-likeness (QED) is 0.808. The van der Waals surface area contributed by atoms with Crippen LogP contribution in [0.15, 0.2) is 22.8 Å². The molecule has 0 bridgehead atoms. The molecule has 2 rings (SSSR count). The van der Waals surface area contributed by atoms with Gasteiger partial charge in [-0.2, -0.15) is 0 Å². The fourth-order valence-corrected chi connectivity index (χ4v) is 1.50. The number of rotatable bonds is 6. The third-order valence-electron chi connectivity index (χ3n) is 2.33. The second-order valence-electron chi connectivity index (χ2n) is 3.81. The molecule has 1 aromatic rings. The van der Waals surface area contributed by atoms with Crippen LogP contribution in [0.2, 0.25) is 0 Å². The Labute approximate surface area is 98.4 Å². The average Bonchev–Trinajstić information content (AvgIpc) is 3.04. The lowest BCUT2D eigenvalue weighted by molar-refractivity contribution is 0.134. The molecule has 1 saturated carbocycles. The minimum absolute atomic E-state index is 0.758. The topological polar surface area (TPSA) is 34.1 Å². The Bertz CT molecular complexity index is 298. The monoisotopic (exact) mass is 270 g/mol. The first-order valence-corrected chi connectivity index (χ1v) is 6.07. The molecular formula is C11H15BrN2O. The van der Waals surface area contributed by atoms with Gasteiger partial charge in [0.25, 0.3) is 0 Å². The molecule has 1 fully saturated rings. The van der Waals surface area contributed by atoms with E-state index in [1.807, 2.05) is 12.1 Å². The summed E-state index contributed by atoms with van der Waals surface area (Å²) in [4.78, 5) is 4.21. The smallest absolute Gasteiger partial charge is 0.126 e. The van der Waals surface area contributed by atoms with E-state index in [1.54, 1.807) is 6.20 Å². The minimum Gasteiger partial charge on any atom is -0.379 e. The normalized spacial score (nSPS) is 15.3. The Hall–Kier alpha value is -0.610. The van der Waals surface area contributed by atoms with Crippen LogP contribution in [-0.2, 0) is 4.74 Å². The number of anilines is 1. The predicted molar refractivity (Wildman–Crippen MR) is 64.0 cm³/mol. The van der Waals surface area contributed by atoms with Crippen LogP contribution in [0.25, 0.3) is 0 Å². The number of hydrogen-bond donors (Lipinski definition) is 1. The lowest BCUT2D eigenvalue weighted by Gasteiger charge is -2.05. The summed E-state index contributed by atoms with van der Waals surface area (Å²) in [6.07, 6.45) is 4.48. The van der Waals surface area contributed by atoms with E-state index in [-0.39, 0.29) is 0 Å². The van der Waals surface area contributed by atoms with Crippen molar-refractivity contribution < 1.29 is 4.74 Å². The first kappa shape index (κ1) is 10.9. The van der Waals surface area contributed by atoms with Crippen molar-refractivity contribution in [1.29, 1.82) is 0 Å². The molecule has 15 heavy (non-hydrogen) atoms. The van der Waals surface area contributed by atoms with Gasteiger partial charge in [0, 0.05) is 23.8 Å². The Kier molecular flexibility index (Phi) is 3.97. The van der Waals surface area contributed by atoms with E-state index in [4.69, 9.17) is 4.74 Å². The van der Waals surface area contributed by atoms with Crippen molar-refractivity contribution in [3.05, 3.63) is 22.8 Å². The molecule has 0 spiro atoms. The van der Waals surface area contributed by atoms with Crippen LogP contribution in [0.5, 0.6) is 0 Å². The molecule has 1 heterocycles. The summed E-state index contributed by atoms with van der Waals surface area (Å²) in [6, 6.07) is 3.92. The summed E-state index contributed by atoms with van der Waals surface area (Å²) in [7, 11) is 0. The van der Waals surface area contributed by atoms with Gasteiger partial charge in [-0.3, -0.25) is 0 Å². The summed E-state index contributed by atoms with van der Waals surface area (Å²) < 4.78 is 6.50. The third-order valence-corrected chi connectivity index (χ3v) is 2.80. The van der Waals surface area contributed by atoms with Gasteiger partial charge in [0.15, 0.2) is 0 Å². The molecule has 1 aliphatic rings. The zero-order valence-electron chi connectivity index (χ0n) is 8.58. The maximum absolute atomic E-state index is 5.50. The van der Waals surface area contributed by atoms with Crippen molar-refractivity contribution in [3.63, 3.8) is 0 Å². The molecular weight excluding hydrogens is 256 g/mol. The molecule has 1 N–H and O–H groups in total. The Morgan fingerprint density at radius 2 is 2.33 bits per heavy atom. The highest BCUT2D eigenvalue weighted by Gasteiger charge is 2.20. The van der Waals surface area contributed by atoms with Gasteiger partial charge >= 0.3 is 0 Å². The molecule has 3 nitrogen and oxygen atoms in total. The molecule has 0 aliphatic heterocycles. The minimum atomic E-state index is 0.758. The third kappa shape index (κ3) is 4.18. The standard InChI is InChI=1S/C11H15BrN2O/c12-10-3-4-11(14-7-10)13-5-6-15-8-9-1-2-9/h3-4,7,9H,1-2,5-6,8H2,(H,13,14). The summed E-state index contributed by atoms with van der Waals surface area (Å²) in [6.45, 7) is 2.51. The fraction of sp³-hybridized carbons (Fsp3) is 0.545. The van der Waals surface area contributed by atoms with E-state index in [2.05, 4.69) is 26.2 Å². The fourth-order valence-electron chi connectivity index (χ4n) is 1.27. The lowest BCUT2D eigenvalue weighted by Crippen LogP contribution is -2.11. The van der Waals surface area contributed by atoms with Crippen molar-refractivity contribution in [2.45, 2.75) is 12.8 Å². The first-order chi connectivity index (χ1) is 7.34.